The van der Waals surface area contributed by atoms with Crippen LogP contribution in [0.1, 0.15) is 32.6 Å². The van der Waals surface area contributed by atoms with Gasteiger partial charge in [-0.2, -0.15) is 18.3 Å². The molecule has 4 nitrogen and oxygen atoms in total. The van der Waals surface area contributed by atoms with E-state index in [4.69, 9.17) is 4.74 Å². The van der Waals surface area contributed by atoms with Crippen LogP contribution >= 0.6 is 15.9 Å². The number of carbonyl (C=O) groups excluding carboxylic acids is 1. The molecule has 3 rings (SSSR count). The zero-order chi connectivity index (χ0) is 22.4. The van der Waals surface area contributed by atoms with Crippen molar-refractivity contribution in [3.8, 4) is 5.75 Å². The van der Waals surface area contributed by atoms with Crippen LogP contribution in [0, 0.1) is 6.92 Å². The molecule has 0 atom stereocenters. The van der Waals surface area contributed by atoms with Crippen LogP contribution in [0.3, 0.4) is 0 Å². The van der Waals surface area contributed by atoms with Crippen molar-refractivity contribution < 1.29 is 22.7 Å². The molecule has 0 aliphatic heterocycles. The molecule has 1 amide bonds. The lowest BCUT2D eigenvalue weighted by atomic mass is 10.1. The molecule has 31 heavy (non-hydrogen) atoms. The molecular weight excluding hydrogens is 473 g/mol. The Bertz CT molecular complexity index is 1100. The first-order chi connectivity index (χ1) is 14.7. The molecule has 8 heteroatoms. The van der Waals surface area contributed by atoms with Crippen molar-refractivity contribution in [1.29, 1.82) is 0 Å². The molecule has 3 aromatic carbocycles. The Morgan fingerprint density at radius 1 is 1.10 bits per heavy atom. The molecule has 0 bridgehead atoms. The molecule has 0 fully saturated rings. The van der Waals surface area contributed by atoms with Crippen molar-refractivity contribution in [2.45, 2.75) is 19.7 Å². The summed E-state index contributed by atoms with van der Waals surface area (Å²) in [4.78, 5) is 12.2. The summed E-state index contributed by atoms with van der Waals surface area (Å²) in [5, 5.41) is 3.87. The number of hydrogen-bond donors (Lipinski definition) is 1. The van der Waals surface area contributed by atoms with Gasteiger partial charge in [0, 0.05) is 15.6 Å². The SMILES string of the molecule is Cc1ccc(COc2ccc(Br)cc2/C=N\NC(=O)c2cccc(C(F)(F)F)c2)cc1. The average molecular weight is 491 g/mol. The molecule has 0 aromatic heterocycles. The minimum absolute atomic E-state index is 0.142. The molecule has 0 spiro atoms. The Morgan fingerprint density at radius 2 is 1.84 bits per heavy atom. The van der Waals surface area contributed by atoms with Crippen LogP contribution in [-0.2, 0) is 12.8 Å². The lowest BCUT2D eigenvalue weighted by Gasteiger charge is -2.10. The van der Waals surface area contributed by atoms with Gasteiger partial charge in [0.1, 0.15) is 12.4 Å². The summed E-state index contributed by atoms with van der Waals surface area (Å²) in [5.74, 6) is -0.208. The normalized spacial score (nSPS) is 11.5. The molecule has 1 N–H and O–H groups in total. The fraction of sp³-hybridized carbons (Fsp3) is 0.130. The summed E-state index contributed by atoms with van der Waals surface area (Å²) in [7, 11) is 0. The van der Waals surface area contributed by atoms with E-state index >= 15 is 0 Å². The highest BCUT2D eigenvalue weighted by atomic mass is 79.9. The van der Waals surface area contributed by atoms with Gasteiger partial charge in [0.25, 0.3) is 5.91 Å². The minimum Gasteiger partial charge on any atom is -0.488 e. The van der Waals surface area contributed by atoms with E-state index in [1.807, 2.05) is 37.3 Å². The Morgan fingerprint density at radius 3 is 2.55 bits per heavy atom. The van der Waals surface area contributed by atoms with Gasteiger partial charge < -0.3 is 4.74 Å². The summed E-state index contributed by atoms with van der Waals surface area (Å²) < 4.78 is 45.1. The van der Waals surface area contributed by atoms with Gasteiger partial charge in [-0.3, -0.25) is 4.79 Å². The van der Waals surface area contributed by atoms with E-state index in [1.54, 1.807) is 12.1 Å². The quantitative estimate of drug-likeness (QED) is 0.334. The molecular formula is C23H18BrF3N2O2. The summed E-state index contributed by atoms with van der Waals surface area (Å²) in [6.45, 7) is 2.35. The van der Waals surface area contributed by atoms with Gasteiger partial charge in [0.2, 0.25) is 0 Å². The number of carbonyl (C=O) groups is 1. The van der Waals surface area contributed by atoms with E-state index in [1.165, 1.54) is 18.3 Å². The van der Waals surface area contributed by atoms with Crippen LogP contribution in [-0.4, -0.2) is 12.1 Å². The maximum atomic E-state index is 12.8. The number of rotatable bonds is 6. The maximum absolute atomic E-state index is 12.8. The second-order valence-corrected chi connectivity index (χ2v) is 7.65. The second-order valence-electron chi connectivity index (χ2n) is 6.73. The first-order valence-corrected chi connectivity index (χ1v) is 10.0. The number of benzene rings is 3. The number of amides is 1. The Kier molecular flexibility index (Phi) is 7.12. The Labute approximate surface area is 185 Å². The van der Waals surface area contributed by atoms with E-state index < -0.39 is 17.6 Å². The molecule has 0 aliphatic carbocycles. The summed E-state index contributed by atoms with van der Waals surface area (Å²) in [6.07, 6.45) is -3.15. The van der Waals surface area contributed by atoms with E-state index in [9.17, 15) is 18.0 Å². The molecule has 3 aromatic rings. The zero-order valence-corrected chi connectivity index (χ0v) is 18.0. The smallest absolute Gasteiger partial charge is 0.416 e. The Hall–Kier alpha value is -3.13. The van der Waals surface area contributed by atoms with Gasteiger partial charge in [0.15, 0.2) is 0 Å². The van der Waals surface area contributed by atoms with Crippen LogP contribution < -0.4 is 10.2 Å². The van der Waals surface area contributed by atoms with Gasteiger partial charge >= 0.3 is 6.18 Å². The third kappa shape index (κ3) is 6.42. The first kappa shape index (κ1) is 22.6. The van der Waals surface area contributed by atoms with Gasteiger partial charge in [-0.1, -0.05) is 51.8 Å². The zero-order valence-electron chi connectivity index (χ0n) is 16.4. The molecule has 0 unspecified atom stereocenters. The summed E-state index contributed by atoms with van der Waals surface area (Å²) >= 11 is 3.37. The number of nitrogens with zero attached hydrogens (tertiary/aromatic N) is 1. The lowest BCUT2D eigenvalue weighted by Crippen LogP contribution is -2.18. The number of hydrazone groups is 1. The number of hydrogen-bond acceptors (Lipinski definition) is 3. The molecule has 0 radical (unpaired) electrons. The van der Waals surface area contributed by atoms with Crippen molar-refractivity contribution >= 4 is 28.1 Å². The summed E-state index contributed by atoms with van der Waals surface area (Å²) in [6, 6.07) is 17.4. The third-order valence-electron chi connectivity index (χ3n) is 4.31. The highest BCUT2D eigenvalue weighted by molar-refractivity contribution is 9.10. The highest BCUT2D eigenvalue weighted by Crippen LogP contribution is 2.29. The van der Waals surface area contributed by atoms with E-state index in [2.05, 4.69) is 26.5 Å². The number of ether oxygens (including phenoxy) is 1. The molecule has 160 valence electrons. The van der Waals surface area contributed by atoms with E-state index in [0.717, 1.165) is 27.7 Å². The molecule has 0 heterocycles. The lowest BCUT2D eigenvalue weighted by molar-refractivity contribution is -0.137. The number of halogens is 4. The number of aryl methyl sites for hydroxylation is 1. The van der Waals surface area contributed by atoms with E-state index in [0.29, 0.717) is 17.9 Å². The van der Waals surface area contributed by atoms with Crippen molar-refractivity contribution in [1.82, 2.24) is 5.43 Å². The van der Waals surface area contributed by atoms with Crippen molar-refractivity contribution in [2.75, 3.05) is 0 Å². The van der Waals surface area contributed by atoms with Crippen LogP contribution in [0.4, 0.5) is 13.2 Å². The fourth-order valence-electron chi connectivity index (χ4n) is 2.66. The van der Waals surface area contributed by atoms with Gasteiger partial charge in [-0.15, -0.1) is 0 Å². The van der Waals surface area contributed by atoms with E-state index in [-0.39, 0.29) is 5.56 Å². The fourth-order valence-corrected chi connectivity index (χ4v) is 3.04. The maximum Gasteiger partial charge on any atom is 0.416 e. The average Bonchev–Trinajstić information content (AvgIpc) is 2.74. The summed E-state index contributed by atoms with van der Waals surface area (Å²) in [5.41, 5.74) is 3.94. The first-order valence-electron chi connectivity index (χ1n) is 9.21. The predicted octanol–water partition coefficient (Wildman–Crippen LogP) is 6.12. The Balaban J connectivity index is 1.69. The van der Waals surface area contributed by atoms with Crippen molar-refractivity contribution in [3.63, 3.8) is 0 Å². The van der Waals surface area contributed by atoms with Crippen molar-refractivity contribution in [2.24, 2.45) is 5.10 Å². The number of alkyl halides is 3. The van der Waals surface area contributed by atoms with Crippen LogP contribution in [0.5, 0.6) is 5.75 Å². The third-order valence-corrected chi connectivity index (χ3v) is 4.80. The minimum atomic E-state index is -4.53. The highest BCUT2D eigenvalue weighted by Gasteiger charge is 2.30. The van der Waals surface area contributed by atoms with Crippen molar-refractivity contribution in [3.05, 3.63) is 99.0 Å². The van der Waals surface area contributed by atoms with Crippen LogP contribution in [0.2, 0.25) is 0 Å². The second kappa shape index (κ2) is 9.78. The monoisotopic (exact) mass is 490 g/mol. The largest absolute Gasteiger partial charge is 0.488 e. The predicted molar refractivity (Wildman–Crippen MR) is 116 cm³/mol. The topological polar surface area (TPSA) is 50.7 Å². The van der Waals surface area contributed by atoms with Gasteiger partial charge in [-0.05, 0) is 48.9 Å². The standard InChI is InChI=1S/C23H18BrF3N2O2/c1-15-5-7-16(8-6-15)14-31-21-10-9-20(24)12-18(21)13-28-29-22(30)17-3-2-4-19(11-17)23(25,26)27/h2-13H,14H2,1H3,(H,29,30)/b28-13-. The number of nitrogens with one attached hydrogen (secondary N) is 1. The van der Waals surface area contributed by atoms with Gasteiger partial charge in [0.05, 0.1) is 11.8 Å². The molecule has 0 saturated carbocycles. The molecule has 0 aliphatic rings. The van der Waals surface area contributed by atoms with Crippen LogP contribution in [0.25, 0.3) is 0 Å². The molecule has 0 saturated heterocycles. The van der Waals surface area contributed by atoms with Crippen LogP contribution in [0.15, 0.2) is 76.3 Å². The van der Waals surface area contributed by atoms with Gasteiger partial charge in [-0.25, -0.2) is 5.43 Å².